The first-order chi connectivity index (χ1) is 9.09. The molecule has 0 fully saturated rings. The van der Waals surface area contributed by atoms with Gasteiger partial charge >= 0.3 is 0 Å². The molecule has 0 aromatic heterocycles. The van der Waals surface area contributed by atoms with E-state index in [0.29, 0.717) is 11.3 Å². The van der Waals surface area contributed by atoms with Crippen molar-refractivity contribution in [1.29, 1.82) is 0 Å². The molecule has 0 amide bonds. The van der Waals surface area contributed by atoms with Gasteiger partial charge in [0.25, 0.3) is 10.2 Å². The van der Waals surface area contributed by atoms with E-state index in [9.17, 15) is 8.42 Å². The Morgan fingerprint density at radius 2 is 2.11 bits per heavy atom. The molecule has 1 aromatic carbocycles. The average Bonchev–Trinajstić information content (AvgIpc) is 2.37. The first kappa shape index (κ1) is 15.5. The van der Waals surface area contributed by atoms with E-state index in [2.05, 4.69) is 21.3 Å². The summed E-state index contributed by atoms with van der Waals surface area (Å²) in [6, 6.07) is 6.68. The van der Waals surface area contributed by atoms with Crippen molar-refractivity contribution in [1.82, 2.24) is 4.72 Å². The number of nitrogens with one attached hydrogen (secondary N) is 2. The van der Waals surface area contributed by atoms with Crippen LogP contribution in [0.15, 0.2) is 24.3 Å². The maximum absolute atomic E-state index is 11.7. The molecule has 0 aliphatic rings. The van der Waals surface area contributed by atoms with Crippen LogP contribution >= 0.6 is 0 Å². The smallest absolute Gasteiger partial charge is 0.299 e. The van der Waals surface area contributed by atoms with Crippen LogP contribution in [0.3, 0.4) is 0 Å². The van der Waals surface area contributed by atoms with Crippen molar-refractivity contribution in [3.8, 4) is 11.8 Å². The maximum Gasteiger partial charge on any atom is 0.299 e. The highest BCUT2D eigenvalue weighted by Crippen LogP contribution is 2.14. The lowest BCUT2D eigenvalue weighted by molar-refractivity contribution is 0.204. The van der Waals surface area contributed by atoms with Crippen LogP contribution in [-0.2, 0) is 14.9 Å². The molecule has 0 bridgehead atoms. The highest BCUT2D eigenvalue weighted by Gasteiger charge is 2.10. The van der Waals surface area contributed by atoms with Crippen LogP contribution in [0.2, 0.25) is 0 Å². The summed E-state index contributed by atoms with van der Waals surface area (Å²) < 4.78 is 32.9. The van der Waals surface area contributed by atoms with Crippen LogP contribution in [0.4, 0.5) is 5.69 Å². The van der Waals surface area contributed by atoms with Gasteiger partial charge in [0, 0.05) is 19.2 Å². The van der Waals surface area contributed by atoms with Crippen molar-refractivity contribution in [2.45, 2.75) is 0 Å². The molecule has 7 heteroatoms. The first-order valence-electron chi connectivity index (χ1n) is 5.54. The molecule has 6 nitrogen and oxygen atoms in total. The normalized spacial score (nSPS) is 10.6. The number of hydrogen-bond donors (Lipinski definition) is 3. The number of aliphatic hydroxyl groups excluding tert-OH is 1. The molecule has 1 aromatic rings. The molecule has 3 N–H and O–H groups in total. The number of benzene rings is 1. The Balaban J connectivity index is 2.81. The van der Waals surface area contributed by atoms with E-state index in [4.69, 9.17) is 9.84 Å². The minimum Gasteiger partial charge on any atom is -0.384 e. The van der Waals surface area contributed by atoms with Gasteiger partial charge in [0.1, 0.15) is 6.61 Å². The van der Waals surface area contributed by atoms with Gasteiger partial charge in [-0.2, -0.15) is 13.1 Å². The van der Waals surface area contributed by atoms with E-state index in [0.717, 1.165) is 0 Å². The third-order valence-electron chi connectivity index (χ3n) is 2.07. The predicted octanol–water partition coefficient (Wildman–Crippen LogP) is -0.0769. The van der Waals surface area contributed by atoms with Crippen LogP contribution in [0.25, 0.3) is 0 Å². The van der Waals surface area contributed by atoms with Crippen LogP contribution in [0.5, 0.6) is 0 Å². The quantitative estimate of drug-likeness (QED) is 0.504. The van der Waals surface area contributed by atoms with Gasteiger partial charge in [-0.15, -0.1) is 0 Å². The molecule has 0 heterocycles. The number of aliphatic hydroxyl groups is 1. The fourth-order valence-corrected chi connectivity index (χ4v) is 2.17. The molecule has 19 heavy (non-hydrogen) atoms. The fourth-order valence-electron chi connectivity index (χ4n) is 1.27. The van der Waals surface area contributed by atoms with Gasteiger partial charge in [0.2, 0.25) is 0 Å². The molecule has 0 atom stereocenters. The van der Waals surface area contributed by atoms with E-state index < -0.39 is 10.2 Å². The molecule has 0 unspecified atom stereocenters. The summed E-state index contributed by atoms with van der Waals surface area (Å²) >= 11 is 0. The minimum absolute atomic E-state index is 0.177. The molecule has 0 radical (unpaired) electrons. The fraction of sp³-hybridized carbons (Fsp3) is 0.333. The Morgan fingerprint density at radius 3 is 2.79 bits per heavy atom. The van der Waals surface area contributed by atoms with E-state index >= 15 is 0 Å². The zero-order valence-electron chi connectivity index (χ0n) is 10.5. The Kier molecular flexibility index (Phi) is 6.32. The van der Waals surface area contributed by atoms with E-state index in [1.807, 2.05) is 0 Å². The number of rotatable bonds is 6. The zero-order valence-corrected chi connectivity index (χ0v) is 11.3. The van der Waals surface area contributed by atoms with Crippen molar-refractivity contribution in [2.75, 3.05) is 31.6 Å². The summed E-state index contributed by atoms with van der Waals surface area (Å²) in [5, 5.41) is 8.66. The monoisotopic (exact) mass is 284 g/mol. The Hall–Kier alpha value is -1.59. The molecule has 0 saturated heterocycles. The molecule has 0 aliphatic heterocycles. The second-order valence-corrected chi connectivity index (χ2v) is 5.00. The average molecular weight is 284 g/mol. The van der Waals surface area contributed by atoms with Crippen molar-refractivity contribution < 1.29 is 18.3 Å². The van der Waals surface area contributed by atoms with Crippen LogP contribution in [0.1, 0.15) is 5.56 Å². The minimum atomic E-state index is -3.66. The van der Waals surface area contributed by atoms with E-state index in [1.165, 1.54) is 7.11 Å². The van der Waals surface area contributed by atoms with E-state index in [-0.39, 0.29) is 19.8 Å². The summed E-state index contributed by atoms with van der Waals surface area (Å²) in [5.41, 5.74) is 0.849. The highest BCUT2D eigenvalue weighted by molar-refractivity contribution is 7.90. The van der Waals surface area contributed by atoms with Gasteiger partial charge in [-0.25, -0.2) is 0 Å². The molecule has 0 spiro atoms. The molecular formula is C12H16N2O4S. The van der Waals surface area contributed by atoms with Crippen molar-refractivity contribution in [3.05, 3.63) is 29.8 Å². The number of hydrogen-bond acceptors (Lipinski definition) is 4. The number of ether oxygens (including phenoxy) is 1. The third-order valence-corrected chi connectivity index (χ3v) is 3.14. The van der Waals surface area contributed by atoms with Crippen LogP contribution < -0.4 is 9.44 Å². The van der Waals surface area contributed by atoms with Crippen LogP contribution in [0, 0.1) is 11.8 Å². The Labute approximate surface area is 113 Å². The second kappa shape index (κ2) is 7.76. The van der Waals surface area contributed by atoms with E-state index in [1.54, 1.807) is 24.3 Å². The van der Waals surface area contributed by atoms with Gasteiger partial charge in [-0.1, -0.05) is 24.0 Å². The number of anilines is 1. The second-order valence-electron chi connectivity index (χ2n) is 3.50. The number of para-hydroxylation sites is 1. The Bertz CT molecular complexity index is 561. The lowest BCUT2D eigenvalue weighted by Crippen LogP contribution is -2.32. The van der Waals surface area contributed by atoms with Gasteiger partial charge in [-0.3, -0.25) is 4.72 Å². The maximum atomic E-state index is 11.7. The first-order valence-corrected chi connectivity index (χ1v) is 7.02. The van der Waals surface area contributed by atoms with Gasteiger partial charge in [-0.05, 0) is 12.1 Å². The van der Waals surface area contributed by atoms with Crippen LogP contribution in [-0.4, -0.2) is 40.4 Å². The van der Waals surface area contributed by atoms with Gasteiger partial charge in [0.05, 0.1) is 12.3 Å². The summed E-state index contributed by atoms with van der Waals surface area (Å²) in [7, 11) is -2.18. The number of methoxy groups -OCH3 is 1. The van der Waals surface area contributed by atoms with Crippen molar-refractivity contribution in [3.63, 3.8) is 0 Å². The molecular weight excluding hydrogens is 268 g/mol. The topological polar surface area (TPSA) is 87.7 Å². The SMILES string of the molecule is COCCNS(=O)(=O)Nc1ccccc1C#CCO. The summed E-state index contributed by atoms with van der Waals surface area (Å²) in [6.45, 7) is 0.177. The third kappa shape index (κ3) is 5.72. The van der Waals surface area contributed by atoms with Crippen molar-refractivity contribution >= 4 is 15.9 Å². The van der Waals surface area contributed by atoms with Gasteiger partial charge < -0.3 is 9.84 Å². The zero-order chi connectivity index (χ0) is 14.1. The lowest BCUT2D eigenvalue weighted by Gasteiger charge is -2.10. The standard InChI is InChI=1S/C12H16N2O4S/c1-18-10-8-13-19(16,17)14-12-7-3-2-5-11(12)6-4-9-15/h2-3,5,7,13-15H,8-10H2,1H3. The summed E-state index contributed by atoms with van der Waals surface area (Å²) in [5.74, 6) is 5.15. The van der Waals surface area contributed by atoms with Gasteiger partial charge in [0.15, 0.2) is 0 Å². The predicted molar refractivity (Wildman–Crippen MR) is 72.8 cm³/mol. The largest absolute Gasteiger partial charge is 0.384 e. The Morgan fingerprint density at radius 1 is 1.37 bits per heavy atom. The van der Waals surface area contributed by atoms with Crippen molar-refractivity contribution in [2.24, 2.45) is 0 Å². The molecule has 104 valence electrons. The molecule has 0 aliphatic carbocycles. The highest BCUT2D eigenvalue weighted by atomic mass is 32.2. The lowest BCUT2D eigenvalue weighted by atomic mass is 10.2. The molecule has 1 rings (SSSR count). The molecule has 0 saturated carbocycles. The summed E-state index contributed by atoms with van der Waals surface area (Å²) in [6.07, 6.45) is 0. The summed E-state index contributed by atoms with van der Waals surface area (Å²) in [4.78, 5) is 0.